The van der Waals surface area contributed by atoms with Crippen molar-refractivity contribution in [2.24, 2.45) is 0 Å². The zero-order valence-electron chi connectivity index (χ0n) is 11.1. The summed E-state index contributed by atoms with van der Waals surface area (Å²) in [7, 11) is 1.81. The molecule has 0 aliphatic carbocycles. The highest BCUT2D eigenvalue weighted by molar-refractivity contribution is 9.10. The first kappa shape index (κ1) is 15.0. The van der Waals surface area contributed by atoms with Crippen molar-refractivity contribution in [3.05, 3.63) is 29.8 Å². The molecule has 0 bridgehead atoms. The Balaban J connectivity index is 2.27. The molecule has 0 heterocycles. The fourth-order valence-corrected chi connectivity index (χ4v) is 1.97. The summed E-state index contributed by atoms with van der Waals surface area (Å²) >= 11 is 3.27. The van der Waals surface area contributed by atoms with E-state index in [1.807, 2.05) is 45.2 Å². The van der Waals surface area contributed by atoms with Crippen molar-refractivity contribution in [1.29, 1.82) is 0 Å². The molecule has 0 aliphatic rings. The van der Waals surface area contributed by atoms with E-state index in [9.17, 15) is 4.79 Å². The van der Waals surface area contributed by atoms with Crippen molar-refractivity contribution in [3.8, 4) is 5.75 Å². The predicted octanol–water partition coefficient (Wildman–Crippen LogP) is 3.01. The normalized spacial score (nSPS) is 12.0. The monoisotopic (exact) mass is 313 g/mol. The summed E-state index contributed by atoms with van der Waals surface area (Å²) in [6.45, 7) is 5.19. The van der Waals surface area contributed by atoms with Gasteiger partial charge in [0.1, 0.15) is 5.75 Å². The van der Waals surface area contributed by atoms with E-state index in [4.69, 9.17) is 4.74 Å². The number of hydrogen-bond acceptors (Lipinski definition) is 2. The smallest absolute Gasteiger partial charge is 0.235 e. The van der Waals surface area contributed by atoms with E-state index < -0.39 is 0 Å². The Labute approximate surface area is 117 Å². The number of benzene rings is 1. The van der Waals surface area contributed by atoms with E-state index in [0.717, 1.165) is 17.7 Å². The Morgan fingerprint density at radius 1 is 1.44 bits per heavy atom. The van der Waals surface area contributed by atoms with Gasteiger partial charge in [-0.1, -0.05) is 34.1 Å². The van der Waals surface area contributed by atoms with Crippen LogP contribution in [0.4, 0.5) is 0 Å². The largest absolute Gasteiger partial charge is 0.493 e. The van der Waals surface area contributed by atoms with E-state index in [0.29, 0.717) is 13.2 Å². The van der Waals surface area contributed by atoms with E-state index >= 15 is 0 Å². The van der Waals surface area contributed by atoms with Gasteiger partial charge in [0.05, 0.1) is 11.4 Å². The van der Waals surface area contributed by atoms with Crippen molar-refractivity contribution < 1.29 is 9.53 Å². The number of para-hydroxylation sites is 1. The van der Waals surface area contributed by atoms with E-state index in [2.05, 4.69) is 15.9 Å². The van der Waals surface area contributed by atoms with Crippen LogP contribution in [-0.2, 0) is 4.79 Å². The maximum atomic E-state index is 11.6. The number of hydrogen-bond donors (Lipinski definition) is 0. The minimum atomic E-state index is -0.125. The molecular formula is C14H20BrNO2. The highest BCUT2D eigenvalue weighted by Crippen LogP contribution is 2.16. The van der Waals surface area contributed by atoms with Gasteiger partial charge in [0.15, 0.2) is 0 Å². The fraction of sp³-hybridized carbons (Fsp3) is 0.500. The van der Waals surface area contributed by atoms with Gasteiger partial charge in [0.2, 0.25) is 5.91 Å². The standard InChI is InChI=1S/C14H20BrNO2/c1-11-7-4-5-8-13(11)18-10-6-9-16(3)14(17)12(2)15/h4-5,7-8,12H,6,9-10H2,1-3H3. The average molecular weight is 314 g/mol. The van der Waals surface area contributed by atoms with Crippen LogP contribution >= 0.6 is 15.9 Å². The van der Waals surface area contributed by atoms with Crippen LogP contribution in [0.1, 0.15) is 18.9 Å². The highest BCUT2D eigenvalue weighted by atomic mass is 79.9. The number of amides is 1. The number of rotatable bonds is 6. The maximum absolute atomic E-state index is 11.6. The summed E-state index contributed by atoms with van der Waals surface area (Å²) in [5, 5.41) is 0. The molecule has 1 aromatic carbocycles. The maximum Gasteiger partial charge on any atom is 0.235 e. The van der Waals surface area contributed by atoms with Crippen molar-refractivity contribution in [2.75, 3.05) is 20.2 Å². The van der Waals surface area contributed by atoms with Crippen molar-refractivity contribution in [3.63, 3.8) is 0 Å². The van der Waals surface area contributed by atoms with Crippen molar-refractivity contribution >= 4 is 21.8 Å². The summed E-state index contributed by atoms with van der Waals surface area (Å²) in [5.74, 6) is 1.02. The number of halogens is 1. The SMILES string of the molecule is Cc1ccccc1OCCCN(C)C(=O)C(C)Br. The number of aryl methyl sites for hydroxylation is 1. The molecule has 1 amide bonds. The molecule has 0 aliphatic heterocycles. The molecule has 0 saturated carbocycles. The van der Waals surface area contributed by atoms with Crippen LogP contribution in [0.3, 0.4) is 0 Å². The third kappa shape index (κ3) is 4.69. The number of alkyl halides is 1. The van der Waals surface area contributed by atoms with Gasteiger partial charge in [0, 0.05) is 13.6 Å². The molecule has 0 aromatic heterocycles. The van der Waals surface area contributed by atoms with Gasteiger partial charge in [-0.15, -0.1) is 0 Å². The lowest BCUT2D eigenvalue weighted by molar-refractivity contribution is -0.128. The van der Waals surface area contributed by atoms with Crippen LogP contribution in [0, 0.1) is 6.92 Å². The minimum absolute atomic E-state index is 0.103. The average Bonchev–Trinajstić information content (AvgIpc) is 2.35. The molecule has 0 radical (unpaired) electrons. The van der Waals surface area contributed by atoms with Crippen LogP contribution < -0.4 is 4.74 Å². The van der Waals surface area contributed by atoms with Crippen LogP contribution in [0.2, 0.25) is 0 Å². The summed E-state index contributed by atoms with van der Waals surface area (Å²) in [6, 6.07) is 7.94. The molecule has 18 heavy (non-hydrogen) atoms. The lowest BCUT2D eigenvalue weighted by Gasteiger charge is -2.18. The summed E-state index contributed by atoms with van der Waals surface area (Å²) < 4.78 is 5.68. The summed E-state index contributed by atoms with van der Waals surface area (Å²) in [6.07, 6.45) is 0.830. The molecule has 1 rings (SSSR count). The van der Waals surface area contributed by atoms with Gasteiger partial charge in [-0.05, 0) is 31.9 Å². The second-order valence-electron chi connectivity index (χ2n) is 4.34. The molecule has 0 saturated heterocycles. The van der Waals surface area contributed by atoms with Crippen LogP contribution in [0.5, 0.6) is 5.75 Å². The van der Waals surface area contributed by atoms with Gasteiger partial charge in [-0.3, -0.25) is 4.79 Å². The second-order valence-corrected chi connectivity index (χ2v) is 5.72. The second kappa shape index (κ2) is 7.41. The number of ether oxygens (including phenoxy) is 1. The number of carbonyl (C=O) groups excluding carboxylic acids is 1. The Bertz CT molecular complexity index is 393. The predicted molar refractivity (Wildman–Crippen MR) is 77.3 cm³/mol. The first-order valence-corrected chi connectivity index (χ1v) is 7.01. The lowest BCUT2D eigenvalue weighted by atomic mass is 10.2. The van der Waals surface area contributed by atoms with Crippen LogP contribution in [-0.4, -0.2) is 35.8 Å². The topological polar surface area (TPSA) is 29.5 Å². The first-order valence-electron chi connectivity index (χ1n) is 6.10. The van der Waals surface area contributed by atoms with Gasteiger partial charge < -0.3 is 9.64 Å². The Morgan fingerprint density at radius 2 is 2.11 bits per heavy atom. The Morgan fingerprint density at radius 3 is 2.72 bits per heavy atom. The molecule has 4 heteroatoms. The molecular weight excluding hydrogens is 294 g/mol. The molecule has 100 valence electrons. The highest BCUT2D eigenvalue weighted by Gasteiger charge is 2.13. The van der Waals surface area contributed by atoms with E-state index in [1.54, 1.807) is 4.90 Å². The quantitative estimate of drug-likeness (QED) is 0.597. The Kier molecular flexibility index (Phi) is 6.19. The minimum Gasteiger partial charge on any atom is -0.493 e. The van der Waals surface area contributed by atoms with Gasteiger partial charge in [0.25, 0.3) is 0 Å². The van der Waals surface area contributed by atoms with Crippen molar-refractivity contribution in [2.45, 2.75) is 25.1 Å². The zero-order chi connectivity index (χ0) is 13.5. The molecule has 3 nitrogen and oxygen atoms in total. The molecule has 0 N–H and O–H groups in total. The summed E-state index contributed by atoms with van der Waals surface area (Å²) in [4.78, 5) is 13.2. The van der Waals surface area contributed by atoms with Crippen molar-refractivity contribution in [1.82, 2.24) is 4.90 Å². The number of carbonyl (C=O) groups is 1. The lowest BCUT2D eigenvalue weighted by Crippen LogP contribution is -2.33. The number of nitrogens with zero attached hydrogens (tertiary/aromatic N) is 1. The van der Waals surface area contributed by atoms with Gasteiger partial charge in [-0.2, -0.15) is 0 Å². The molecule has 1 unspecified atom stereocenters. The third-order valence-corrected chi connectivity index (χ3v) is 3.10. The molecule has 1 atom stereocenters. The zero-order valence-corrected chi connectivity index (χ0v) is 12.7. The third-order valence-electron chi connectivity index (χ3n) is 2.71. The fourth-order valence-electron chi connectivity index (χ4n) is 1.62. The van der Waals surface area contributed by atoms with E-state index in [-0.39, 0.29) is 10.7 Å². The molecule has 0 spiro atoms. The summed E-state index contributed by atoms with van der Waals surface area (Å²) in [5.41, 5.74) is 1.14. The van der Waals surface area contributed by atoms with Gasteiger partial charge >= 0.3 is 0 Å². The molecule has 0 fully saturated rings. The Hall–Kier alpha value is -1.03. The first-order chi connectivity index (χ1) is 8.52. The molecule has 1 aromatic rings. The van der Waals surface area contributed by atoms with Crippen LogP contribution in [0.25, 0.3) is 0 Å². The van der Waals surface area contributed by atoms with Gasteiger partial charge in [-0.25, -0.2) is 0 Å². The van der Waals surface area contributed by atoms with E-state index in [1.165, 1.54) is 0 Å². The van der Waals surface area contributed by atoms with Crippen LogP contribution in [0.15, 0.2) is 24.3 Å².